The summed E-state index contributed by atoms with van der Waals surface area (Å²) < 4.78 is 14.6. The monoisotopic (exact) mass is 252 g/mol. The maximum atomic E-state index is 14.6. The Bertz CT molecular complexity index is 442. The van der Waals surface area contributed by atoms with E-state index in [1.54, 1.807) is 11.0 Å². The molecule has 98 valence electrons. The first-order valence-corrected chi connectivity index (χ1v) is 5.86. The number of halogens is 1. The maximum Gasteiger partial charge on any atom is 0.227 e. The number of piperidine rings is 1. The van der Waals surface area contributed by atoms with Crippen LogP contribution >= 0.6 is 0 Å². The molecule has 1 aliphatic rings. The average Bonchev–Trinajstić information content (AvgIpc) is 2.33. The van der Waals surface area contributed by atoms with Crippen LogP contribution in [-0.2, 0) is 0 Å². The third-order valence-electron chi connectivity index (χ3n) is 3.15. The number of anilines is 2. The summed E-state index contributed by atoms with van der Waals surface area (Å²) in [4.78, 5) is 9.84. The summed E-state index contributed by atoms with van der Waals surface area (Å²) >= 11 is 0. The number of hydrogen-bond donors (Lipinski definition) is 2. The van der Waals surface area contributed by atoms with E-state index in [2.05, 4.69) is 16.5 Å². The summed E-state index contributed by atoms with van der Waals surface area (Å²) in [6, 6.07) is 1.58. The van der Waals surface area contributed by atoms with Gasteiger partial charge in [-0.25, -0.2) is 9.37 Å². The molecule has 5 nitrogen and oxygen atoms in total. The quantitative estimate of drug-likeness (QED) is 0.782. The highest BCUT2D eigenvalue weighted by molar-refractivity contribution is 5.39. The predicted octanol–water partition coefficient (Wildman–Crippen LogP) is 0.914. The molecule has 1 aromatic rings. The van der Waals surface area contributed by atoms with Gasteiger partial charge in [0, 0.05) is 19.2 Å². The molecular formula is C12H17FN4O. The second kappa shape index (κ2) is 4.89. The molecular weight excluding hydrogens is 235 g/mol. The summed E-state index contributed by atoms with van der Waals surface area (Å²) in [5.41, 5.74) is 3.88. The Balaban J connectivity index is 2.19. The van der Waals surface area contributed by atoms with E-state index < -0.39 is 11.8 Å². The Kier molecular flexibility index (Phi) is 3.47. The van der Waals surface area contributed by atoms with Gasteiger partial charge in [0.15, 0.2) is 5.67 Å². The van der Waals surface area contributed by atoms with Gasteiger partial charge < -0.3 is 15.7 Å². The molecule has 0 radical (unpaired) electrons. The van der Waals surface area contributed by atoms with Gasteiger partial charge in [0.05, 0.1) is 12.6 Å². The minimum atomic E-state index is -1.70. The highest BCUT2D eigenvalue weighted by Crippen LogP contribution is 2.31. The Morgan fingerprint density at radius 2 is 2.50 bits per heavy atom. The standard InChI is InChI=1S/C12H17FN4O/c1-2-5-12(13)8-17(7-4-9(12)18)11-15-6-3-10(14)16-11/h2-3,6,9,18H,1,4-5,7-8H2,(H2,14,15,16)/t9-,12+/m1/s1. The van der Waals surface area contributed by atoms with Gasteiger partial charge in [0.1, 0.15) is 5.82 Å². The topological polar surface area (TPSA) is 75.3 Å². The van der Waals surface area contributed by atoms with Crippen LogP contribution in [0.5, 0.6) is 0 Å². The molecule has 1 aliphatic heterocycles. The summed E-state index contributed by atoms with van der Waals surface area (Å²) in [6.45, 7) is 4.08. The molecule has 0 saturated carbocycles. The second-order valence-corrected chi connectivity index (χ2v) is 4.53. The van der Waals surface area contributed by atoms with Crippen molar-refractivity contribution in [2.45, 2.75) is 24.6 Å². The minimum Gasteiger partial charge on any atom is -0.390 e. The van der Waals surface area contributed by atoms with Crippen molar-refractivity contribution in [3.63, 3.8) is 0 Å². The Morgan fingerprint density at radius 3 is 3.17 bits per heavy atom. The second-order valence-electron chi connectivity index (χ2n) is 4.53. The fourth-order valence-corrected chi connectivity index (χ4v) is 2.16. The number of nitrogens with zero attached hydrogens (tertiary/aromatic N) is 3. The Morgan fingerprint density at radius 1 is 1.72 bits per heavy atom. The van der Waals surface area contributed by atoms with Crippen molar-refractivity contribution < 1.29 is 9.50 Å². The number of alkyl halides is 1. The third kappa shape index (κ3) is 2.43. The summed E-state index contributed by atoms with van der Waals surface area (Å²) in [6.07, 6.45) is 2.48. The van der Waals surface area contributed by atoms with Gasteiger partial charge >= 0.3 is 0 Å². The van der Waals surface area contributed by atoms with Crippen LogP contribution in [-0.4, -0.2) is 39.9 Å². The van der Waals surface area contributed by atoms with E-state index in [0.717, 1.165) is 0 Å². The van der Waals surface area contributed by atoms with Gasteiger partial charge in [-0.05, 0) is 12.5 Å². The van der Waals surface area contributed by atoms with Crippen LogP contribution in [0.3, 0.4) is 0 Å². The maximum absolute atomic E-state index is 14.6. The number of rotatable bonds is 3. The van der Waals surface area contributed by atoms with E-state index in [1.165, 1.54) is 12.3 Å². The van der Waals surface area contributed by atoms with E-state index in [4.69, 9.17) is 5.73 Å². The largest absolute Gasteiger partial charge is 0.390 e. The number of aliphatic hydroxyl groups is 1. The molecule has 0 aliphatic carbocycles. The number of aliphatic hydroxyl groups excluding tert-OH is 1. The van der Waals surface area contributed by atoms with Crippen molar-refractivity contribution in [2.24, 2.45) is 0 Å². The lowest BCUT2D eigenvalue weighted by molar-refractivity contribution is -0.0194. The van der Waals surface area contributed by atoms with Crippen LogP contribution in [0.25, 0.3) is 0 Å². The number of nitrogen functional groups attached to an aromatic ring is 1. The molecule has 2 atom stereocenters. The van der Waals surface area contributed by atoms with E-state index in [9.17, 15) is 9.50 Å². The van der Waals surface area contributed by atoms with Gasteiger partial charge in [-0.1, -0.05) is 6.08 Å². The molecule has 1 fully saturated rings. The van der Waals surface area contributed by atoms with Crippen molar-refractivity contribution in [1.82, 2.24) is 9.97 Å². The van der Waals surface area contributed by atoms with E-state index >= 15 is 0 Å². The first kappa shape index (κ1) is 12.8. The molecule has 1 aromatic heterocycles. The van der Waals surface area contributed by atoms with Gasteiger partial charge in [0.25, 0.3) is 0 Å². The van der Waals surface area contributed by atoms with Crippen molar-refractivity contribution in [2.75, 3.05) is 23.7 Å². The molecule has 0 aromatic carbocycles. The smallest absolute Gasteiger partial charge is 0.227 e. The van der Waals surface area contributed by atoms with Crippen molar-refractivity contribution in [3.8, 4) is 0 Å². The van der Waals surface area contributed by atoms with Crippen molar-refractivity contribution in [3.05, 3.63) is 24.9 Å². The van der Waals surface area contributed by atoms with Gasteiger partial charge in [-0.2, -0.15) is 4.98 Å². The molecule has 0 amide bonds. The van der Waals surface area contributed by atoms with Crippen molar-refractivity contribution >= 4 is 11.8 Å². The summed E-state index contributed by atoms with van der Waals surface area (Å²) in [5, 5.41) is 9.76. The van der Waals surface area contributed by atoms with E-state index in [-0.39, 0.29) is 13.0 Å². The summed E-state index contributed by atoms with van der Waals surface area (Å²) in [5.74, 6) is 0.743. The summed E-state index contributed by atoms with van der Waals surface area (Å²) in [7, 11) is 0. The van der Waals surface area contributed by atoms with Gasteiger partial charge in [-0.3, -0.25) is 0 Å². The zero-order valence-electron chi connectivity index (χ0n) is 10.1. The zero-order chi connectivity index (χ0) is 13.2. The van der Waals surface area contributed by atoms with Crippen LogP contribution in [0.2, 0.25) is 0 Å². The lowest BCUT2D eigenvalue weighted by atomic mass is 9.88. The Labute approximate surface area is 105 Å². The van der Waals surface area contributed by atoms with Gasteiger partial charge in [-0.15, -0.1) is 6.58 Å². The fraction of sp³-hybridized carbons (Fsp3) is 0.500. The zero-order valence-corrected chi connectivity index (χ0v) is 10.1. The highest BCUT2D eigenvalue weighted by Gasteiger charge is 2.42. The molecule has 2 rings (SSSR count). The molecule has 0 bridgehead atoms. The molecule has 1 saturated heterocycles. The SMILES string of the molecule is C=CC[C@]1(F)CN(c2nccc(N)n2)CC[C@H]1O. The molecule has 3 N–H and O–H groups in total. The van der Waals surface area contributed by atoms with Crippen molar-refractivity contribution in [1.29, 1.82) is 0 Å². The first-order valence-electron chi connectivity index (χ1n) is 5.86. The van der Waals surface area contributed by atoms with E-state index in [1.807, 2.05) is 0 Å². The molecule has 0 unspecified atom stereocenters. The Hall–Kier alpha value is -1.69. The number of allylic oxidation sites excluding steroid dienone is 1. The molecule has 0 spiro atoms. The van der Waals surface area contributed by atoms with Crippen LogP contribution < -0.4 is 10.6 Å². The fourth-order valence-electron chi connectivity index (χ4n) is 2.16. The average molecular weight is 252 g/mol. The lowest BCUT2D eigenvalue weighted by Gasteiger charge is -2.40. The van der Waals surface area contributed by atoms with Gasteiger partial charge in [0.2, 0.25) is 5.95 Å². The highest BCUT2D eigenvalue weighted by atomic mass is 19.1. The van der Waals surface area contributed by atoms with Crippen LogP contribution in [0.15, 0.2) is 24.9 Å². The molecule has 18 heavy (non-hydrogen) atoms. The number of aromatic nitrogens is 2. The van der Waals surface area contributed by atoms with Crippen LogP contribution in [0.4, 0.5) is 16.2 Å². The predicted molar refractivity (Wildman–Crippen MR) is 67.9 cm³/mol. The van der Waals surface area contributed by atoms with Crippen LogP contribution in [0, 0.1) is 0 Å². The minimum absolute atomic E-state index is 0.0453. The van der Waals surface area contributed by atoms with Crippen LogP contribution in [0.1, 0.15) is 12.8 Å². The third-order valence-corrected chi connectivity index (χ3v) is 3.15. The molecule has 2 heterocycles. The lowest BCUT2D eigenvalue weighted by Crippen LogP contribution is -2.54. The van der Waals surface area contributed by atoms with E-state index in [0.29, 0.717) is 24.7 Å². The molecule has 6 heteroatoms. The number of nitrogens with two attached hydrogens (primary N) is 1. The number of hydrogen-bond acceptors (Lipinski definition) is 5. The normalized spacial score (nSPS) is 28.1. The first-order chi connectivity index (χ1) is 8.55.